The number of piperazine rings is 1. The van der Waals surface area contributed by atoms with Gasteiger partial charge in [0.2, 0.25) is 5.95 Å². The van der Waals surface area contributed by atoms with Gasteiger partial charge in [-0.05, 0) is 67.7 Å². The highest BCUT2D eigenvalue weighted by molar-refractivity contribution is 5.52. The Morgan fingerprint density at radius 1 is 0.933 bits per heavy atom. The van der Waals surface area contributed by atoms with Gasteiger partial charge in [-0.25, -0.2) is 14.4 Å². The molecule has 0 spiro atoms. The molecule has 6 heteroatoms. The highest BCUT2D eigenvalue weighted by atomic mass is 19.1. The van der Waals surface area contributed by atoms with Crippen LogP contribution in [0.2, 0.25) is 0 Å². The molecule has 0 radical (unpaired) electrons. The van der Waals surface area contributed by atoms with E-state index in [9.17, 15) is 4.39 Å². The van der Waals surface area contributed by atoms with Gasteiger partial charge in [0.15, 0.2) is 5.82 Å². The Bertz CT molecular complexity index is 850. The summed E-state index contributed by atoms with van der Waals surface area (Å²) >= 11 is 0. The van der Waals surface area contributed by atoms with E-state index in [1.54, 1.807) is 5.56 Å². The first-order valence-corrected chi connectivity index (χ1v) is 11.5. The monoisotopic (exact) mass is 409 g/mol. The van der Waals surface area contributed by atoms with Gasteiger partial charge in [-0.15, -0.1) is 0 Å². The van der Waals surface area contributed by atoms with Crippen molar-refractivity contribution in [2.75, 3.05) is 55.6 Å². The minimum atomic E-state index is -0.377. The van der Waals surface area contributed by atoms with E-state index in [4.69, 9.17) is 0 Å². The second-order valence-electron chi connectivity index (χ2n) is 9.26. The summed E-state index contributed by atoms with van der Waals surface area (Å²) < 4.78 is 13.0. The maximum Gasteiger partial charge on any atom is 0.225 e. The van der Waals surface area contributed by atoms with Crippen molar-refractivity contribution in [1.82, 2.24) is 14.9 Å². The Kier molecular flexibility index (Phi) is 5.59. The molecule has 160 valence electrons. The van der Waals surface area contributed by atoms with Gasteiger partial charge in [-0.2, -0.15) is 0 Å². The topological polar surface area (TPSA) is 35.5 Å². The SMILES string of the molecule is Cc1cc(N2CCCC2)ccc1C1CC(CN2CCN(c3ncc(F)cn3)CC2)C1. The highest BCUT2D eigenvalue weighted by Crippen LogP contribution is 2.43. The van der Waals surface area contributed by atoms with Crippen LogP contribution in [0.4, 0.5) is 16.0 Å². The molecular weight excluding hydrogens is 377 g/mol. The lowest BCUT2D eigenvalue weighted by Crippen LogP contribution is -2.49. The van der Waals surface area contributed by atoms with Gasteiger partial charge in [-0.3, -0.25) is 4.90 Å². The number of benzene rings is 1. The van der Waals surface area contributed by atoms with Crippen LogP contribution in [0.25, 0.3) is 0 Å². The summed E-state index contributed by atoms with van der Waals surface area (Å²) in [4.78, 5) is 15.5. The number of rotatable bonds is 5. The fraction of sp³-hybridized carbons (Fsp3) is 0.583. The first-order valence-electron chi connectivity index (χ1n) is 11.5. The zero-order valence-electron chi connectivity index (χ0n) is 17.9. The summed E-state index contributed by atoms with van der Waals surface area (Å²) in [5, 5.41) is 0. The lowest BCUT2D eigenvalue weighted by Gasteiger charge is -2.42. The first kappa shape index (κ1) is 19.7. The Morgan fingerprint density at radius 2 is 1.63 bits per heavy atom. The number of aromatic nitrogens is 2. The van der Waals surface area contributed by atoms with E-state index in [0.29, 0.717) is 5.95 Å². The van der Waals surface area contributed by atoms with Crippen molar-refractivity contribution in [1.29, 1.82) is 0 Å². The Balaban J connectivity index is 1.09. The van der Waals surface area contributed by atoms with Gasteiger partial charge in [0.1, 0.15) is 0 Å². The maximum absolute atomic E-state index is 13.0. The molecular formula is C24H32FN5. The largest absolute Gasteiger partial charge is 0.372 e. The van der Waals surface area contributed by atoms with Gasteiger partial charge >= 0.3 is 0 Å². The molecule has 0 unspecified atom stereocenters. The number of hydrogen-bond donors (Lipinski definition) is 0. The molecule has 30 heavy (non-hydrogen) atoms. The molecule has 1 saturated carbocycles. The maximum atomic E-state index is 13.0. The van der Waals surface area contributed by atoms with Crippen LogP contribution in [-0.2, 0) is 0 Å². The molecule has 3 fully saturated rings. The fourth-order valence-corrected chi connectivity index (χ4v) is 5.39. The predicted molar refractivity (Wildman–Crippen MR) is 119 cm³/mol. The van der Waals surface area contributed by atoms with Crippen molar-refractivity contribution in [2.24, 2.45) is 5.92 Å². The smallest absolute Gasteiger partial charge is 0.225 e. The molecule has 3 aliphatic rings. The number of aryl methyl sites for hydroxylation is 1. The zero-order chi connectivity index (χ0) is 20.5. The zero-order valence-corrected chi connectivity index (χ0v) is 17.9. The van der Waals surface area contributed by atoms with Crippen molar-refractivity contribution in [2.45, 2.75) is 38.5 Å². The average molecular weight is 410 g/mol. The molecule has 0 atom stereocenters. The normalized spacial score (nSPS) is 24.9. The summed E-state index contributed by atoms with van der Waals surface area (Å²) in [6.45, 7) is 9.81. The second-order valence-corrected chi connectivity index (χ2v) is 9.26. The highest BCUT2D eigenvalue weighted by Gasteiger charge is 2.33. The fourth-order valence-electron chi connectivity index (χ4n) is 5.39. The van der Waals surface area contributed by atoms with Gasteiger partial charge in [0.25, 0.3) is 0 Å². The van der Waals surface area contributed by atoms with Crippen LogP contribution >= 0.6 is 0 Å². The second kappa shape index (κ2) is 8.50. The van der Waals surface area contributed by atoms with Gasteiger partial charge in [0, 0.05) is 51.5 Å². The standard InChI is InChI=1S/C24H32FN5/c1-18-12-22(29-6-2-3-7-29)4-5-23(18)20-13-19(14-20)17-28-8-10-30(11-9-28)24-26-15-21(25)16-27-24/h4-5,12,15-16,19-20H,2-3,6-11,13-14,17H2,1H3. The lowest BCUT2D eigenvalue weighted by molar-refractivity contribution is 0.152. The molecule has 2 aromatic rings. The van der Waals surface area contributed by atoms with E-state index in [1.807, 2.05) is 0 Å². The van der Waals surface area contributed by atoms with E-state index < -0.39 is 0 Å². The van der Waals surface area contributed by atoms with Crippen molar-refractivity contribution in [3.8, 4) is 0 Å². The molecule has 1 aromatic heterocycles. The molecule has 5 rings (SSSR count). The van der Waals surface area contributed by atoms with Crippen LogP contribution in [0.1, 0.15) is 42.7 Å². The van der Waals surface area contributed by atoms with Crippen LogP contribution in [0.3, 0.4) is 0 Å². The molecule has 0 bridgehead atoms. The lowest BCUT2D eigenvalue weighted by atomic mass is 9.70. The molecule has 3 heterocycles. The van der Waals surface area contributed by atoms with Gasteiger partial charge < -0.3 is 9.80 Å². The number of anilines is 2. The van der Waals surface area contributed by atoms with E-state index in [2.05, 4.69) is 49.8 Å². The van der Waals surface area contributed by atoms with Crippen molar-refractivity contribution in [3.05, 3.63) is 47.5 Å². The van der Waals surface area contributed by atoms with Crippen LogP contribution < -0.4 is 9.80 Å². The van der Waals surface area contributed by atoms with E-state index in [-0.39, 0.29) is 5.82 Å². The summed E-state index contributed by atoms with van der Waals surface area (Å²) in [6, 6.07) is 7.15. The molecule has 2 aliphatic heterocycles. The predicted octanol–water partition coefficient (Wildman–Crippen LogP) is 3.84. The number of hydrogen-bond acceptors (Lipinski definition) is 5. The van der Waals surface area contributed by atoms with Gasteiger partial charge in [0.05, 0.1) is 12.4 Å². The quantitative estimate of drug-likeness (QED) is 0.750. The number of halogens is 1. The van der Waals surface area contributed by atoms with Gasteiger partial charge in [-0.1, -0.05) is 6.07 Å². The van der Waals surface area contributed by atoms with Crippen molar-refractivity contribution >= 4 is 11.6 Å². The summed E-state index contributed by atoms with van der Waals surface area (Å²) in [5.41, 5.74) is 4.44. The Hall–Kier alpha value is -2.21. The molecule has 0 N–H and O–H groups in total. The van der Waals surface area contributed by atoms with E-state index in [0.717, 1.165) is 38.0 Å². The van der Waals surface area contributed by atoms with Crippen LogP contribution in [-0.4, -0.2) is 60.7 Å². The number of nitrogens with zero attached hydrogens (tertiary/aromatic N) is 5. The minimum Gasteiger partial charge on any atom is -0.372 e. The first-order chi connectivity index (χ1) is 14.7. The third-order valence-electron chi connectivity index (χ3n) is 7.18. The minimum absolute atomic E-state index is 0.377. The third kappa shape index (κ3) is 4.15. The summed E-state index contributed by atoms with van der Waals surface area (Å²) in [7, 11) is 0. The molecule has 2 saturated heterocycles. The molecule has 0 amide bonds. The van der Waals surface area contributed by atoms with E-state index in [1.165, 1.54) is 69.0 Å². The summed E-state index contributed by atoms with van der Waals surface area (Å²) in [6.07, 6.45) is 7.79. The molecule has 1 aliphatic carbocycles. The third-order valence-corrected chi connectivity index (χ3v) is 7.18. The van der Waals surface area contributed by atoms with Crippen LogP contribution in [0, 0.1) is 18.7 Å². The molecule has 1 aromatic carbocycles. The van der Waals surface area contributed by atoms with Crippen LogP contribution in [0.5, 0.6) is 0 Å². The molecule has 5 nitrogen and oxygen atoms in total. The van der Waals surface area contributed by atoms with Crippen molar-refractivity contribution in [3.63, 3.8) is 0 Å². The Labute approximate surface area is 178 Å². The van der Waals surface area contributed by atoms with Crippen molar-refractivity contribution < 1.29 is 4.39 Å². The Morgan fingerprint density at radius 3 is 2.30 bits per heavy atom. The van der Waals surface area contributed by atoms with E-state index >= 15 is 0 Å². The average Bonchev–Trinajstić information content (AvgIpc) is 3.27. The van der Waals surface area contributed by atoms with Crippen LogP contribution in [0.15, 0.2) is 30.6 Å². The summed E-state index contributed by atoms with van der Waals surface area (Å²) in [5.74, 6) is 1.81.